The number of ether oxygens (including phenoxy) is 1. The van der Waals surface area contributed by atoms with Crippen molar-refractivity contribution in [1.82, 2.24) is 0 Å². The lowest BCUT2D eigenvalue weighted by Gasteiger charge is -2.09. The van der Waals surface area contributed by atoms with E-state index in [0.717, 1.165) is 3.57 Å². The zero-order valence-corrected chi connectivity index (χ0v) is 11.8. The molecule has 2 aromatic carbocycles. The van der Waals surface area contributed by atoms with Crippen LogP contribution >= 0.6 is 22.6 Å². The Balaban J connectivity index is 2.37. The summed E-state index contributed by atoms with van der Waals surface area (Å²) in [5.41, 5.74) is 2.70. The number of nitro groups is 1. The van der Waals surface area contributed by atoms with Crippen molar-refractivity contribution in [3.8, 4) is 11.5 Å². The summed E-state index contributed by atoms with van der Waals surface area (Å²) in [6.07, 6.45) is 0. The van der Waals surface area contributed by atoms with Gasteiger partial charge in [-0.2, -0.15) is 0 Å². The molecule has 0 aromatic heterocycles. The van der Waals surface area contributed by atoms with E-state index >= 15 is 0 Å². The lowest BCUT2D eigenvalue weighted by Crippen LogP contribution is -2.07. The van der Waals surface area contributed by atoms with Crippen molar-refractivity contribution in [1.29, 1.82) is 0 Å². The summed E-state index contributed by atoms with van der Waals surface area (Å²) in [6, 6.07) is 11.7. The highest BCUT2D eigenvalue weighted by atomic mass is 127. The van der Waals surface area contributed by atoms with E-state index < -0.39 is 4.92 Å². The van der Waals surface area contributed by atoms with Crippen LogP contribution in [-0.4, -0.2) is 4.92 Å². The van der Waals surface area contributed by atoms with Gasteiger partial charge in [0.2, 0.25) is 0 Å². The Bertz CT molecular complexity index is 619. The third-order valence-electron chi connectivity index (χ3n) is 2.33. The van der Waals surface area contributed by atoms with Crippen molar-refractivity contribution in [2.45, 2.75) is 0 Å². The molecule has 98 valence electrons. The largest absolute Gasteiger partial charge is 0.456 e. The van der Waals surface area contributed by atoms with Gasteiger partial charge in [0.05, 0.1) is 20.2 Å². The van der Waals surface area contributed by atoms with Crippen LogP contribution in [-0.2, 0) is 0 Å². The average molecular weight is 371 g/mol. The Hall–Kier alpha value is -1.87. The third-order valence-corrected chi connectivity index (χ3v) is 3.22. The van der Waals surface area contributed by atoms with Gasteiger partial charge in [0.15, 0.2) is 0 Å². The molecule has 19 heavy (non-hydrogen) atoms. The first-order valence-corrected chi connectivity index (χ1v) is 6.36. The van der Waals surface area contributed by atoms with Crippen LogP contribution < -0.4 is 16.0 Å². The Morgan fingerprint density at radius 2 is 2.00 bits per heavy atom. The molecule has 6 nitrogen and oxygen atoms in total. The number of halogens is 1. The molecule has 0 saturated heterocycles. The van der Waals surface area contributed by atoms with Gasteiger partial charge in [0.25, 0.3) is 5.69 Å². The number of hydrogen-bond acceptors (Lipinski definition) is 5. The summed E-state index contributed by atoms with van der Waals surface area (Å²) < 4.78 is 6.55. The quantitative estimate of drug-likeness (QED) is 0.373. The van der Waals surface area contributed by atoms with E-state index in [1.165, 1.54) is 12.1 Å². The number of para-hydroxylation sites is 1. The van der Waals surface area contributed by atoms with Crippen molar-refractivity contribution in [2.24, 2.45) is 5.84 Å². The molecule has 0 spiro atoms. The Labute approximate surface area is 122 Å². The van der Waals surface area contributed by atoms with Crippen LogP contribution in [0.15, 0.2) is 42.5 Å². The van der Waals surface area contributed by atoms with Gasteiger partial charge in [-0.1, -0.05) is 12.1 Å². The van der Waals surface area contributed by atoms with Crippen molar-refractivity contribution in [3.05, 3.63) is 56.1 Å². The van der Waals surface area contributed by atoms with Crippen LogP contribution in [0.1, 0.15) is 0 Å². The van der Waals surface area contributed by atoms with Crippen LogP contribution in [0.5, 0.6) is 11.5 Å². The molecule has 0 aliphatic rings. The smallest absolute Gasteiger partial charge is 0.275 e. The van der Waals surface area contributed by atoms with Crippen molar-refractivity contribution >= 4 is 34.0 Å². The van der Waals surface area contributed by atoms with Gasteiger partial charge in [-0.05, 0) is 34.7 Å². The van der Waals surface area contributed by atoms with E-state index in [2.05, 4.69) is 28.0 Å². The van der Waals surface area contributed by atoms with Gasteiger partial charge in [0, 0.05) is 12.1 Å². The SMILES string of the molecule is NNc1cc(Oc2ccccc2I)cc([N+](=O)[O-])c1. The second-order valence-corrected chi connectivity index (χ2v) is 4.81. The molecule has 0 amide bonds. The second-order valence-electron chi connectivity index (χ2n) is 3.65. The third kappa shape index (κ3) is 3.32. The predicted octanol–water partition coefficient (Wildman–Crippen LogP) is 3.28. The number of nitrogen functional groups attached to an aromatic ring is 1. The molecule has 0 fully saturated rings. The lowest BCUT2D eigenvalue weighted by atomic mass is 10.2. The van der Waals surface area contributed by atoms with E-state index in [0.29, 0.717) is 17.2 Å². The molecule has 0 atom stereocenters. The summed E-state index contributed by atoms with van der Waals surface area (Å²) in [4.78, 5) is 10.3. The van der Waals surface area contributed by atoms with Crippen LogP contribution in [0.4, 0.5) is 11.4 Å². The van der Waals surface area contributed by atoms with Gasteiger partial charge >= 0.3 is 0 Å². The van der Waals surface area contributed by atoms with Crippen LogP contribution in [0.2, 0.25) is 0 Å². The van der Waals surface area contributed by atoms with Crippen LogP contribution in [0.3, 0.4) is 0 Å². The molecule has 0 aliphatic heterocycles. The number of non-ortho nitro benzene ring substituents is 1. The van der Waals surface area contributed by atoms with Gasteiger partial charge in [0.1, 0.15) is 11.5 Å². The normalized spacial score (nSPS) is 10.0. The zero-order chi connectivity index (χ0) is 13.8. The molecule has 0 bridgehead atoms. The lowest BCUT2D eigenvalue weighted by molar-refractivity contribution is -0.384. The first kappa shape index (κ1) is 13.6. The van der Waals surface area contributed by atoms with E-state index in [1.54, 1.807) is 12.1 Å². The minimum atomic E-state index is -0.496. The van der Waals surface area contributed by atoms with Crippen LogP contribution in [0.25, 0.3) is 0 Å². The fourth-order valence-corrected chi connectivity index (χ4v) is 1.98. The summed E-state index contributed by atoms with van der Waals surface area (Å²) in [5.74, 6) is 6.27. The van der Waals surface area contributed by atoms with E-state index in [9.17, 15) is 10.1 Å². The fraction of sp³-hybridized carbons (Fsp3) is 0. The minimum absolute atomic E-state index is 0.0867. The first-order chi connectivity index (χ1) is 9.10. The highest BCUT2D eigenvalue weighted by Gasteiger charge is 2.11. The molecular weight excluding hydrogens is 361 g/mol. The predicted molar refractivity (Wildman–Crippen MR) is 80.1 cm³/mol. The van der Waals surface area contributed by atoms with E-state index in [4.69, 9.17) is 10.6 Å². The van der Waals surface area contributed by atoms with Gasteiger partial charge in [-0.15, -0.1) is 0 Å². The van der Waals surface area contributed by atoms with Crippen LogP contribution in [0, 0.1) is 13.7 Å². The molecular formula is C12H10IN3O3. The number of anilines is 1. The average Bonchev–Trinajstić information content (AvgIpc) is 2.41. The maximum Gasteiger partial charge on any atom is 0.275 e. The molecule has 2 aromatic rings. The molecule has 3 N–H and O–H groups in total. The monoisotopic (exact) mass is 371 g/mol. The zero-order valence-electron chi connectivity index (χ0n) is 9.67. The maximum atomic E-state index is 10.8. The number of benzene rings is 2. The van der Waals surface area contributed by atoms with Crippen molar-refractivity contribution in [3.63, 3.8) is 0 Å². The molecule has 0 aliphatic carbocycles. The van der Waals surface area contributed by atoms with Gasteiger partial charge in [-0.25, -0.2) is 0 Å². The number of nitrogens with zero attached hydrogens (tertiary/aromatic N) is 1. The van der Waals surface area contributed by atoms with Gasteiger partial charge < -0.3 is 10.2 Å². The maximum absolute atomic E-state index is 10.8. The minimum Gasteiger partial charge on any atom is -0.456 e. The van der Waals surface area contributed by atoms with Crippen molar-refractivity contribution < 1.29 is 9.66 Å². The van der Waals surface area contributed by atoms with E-state index in [1.807, 2.05) is 18.2 Å². The Morgan fingerprint density at radius 3 is 2.63 bits per heavy atom. The summed E-state index contributed by atoms with van der Waals surface area (Å²) in [7, 11) is 0. The second kappa shape index (κ2) is 5.85. The highest BCUT2D eigenvalue weighted by molar-refractivity contribution is 14.1. The van der Waals surface area contributed by atoms with Crippen molar-refractivity contribution in [2.75, 3.05) is 5.43 Å². The number of hydrogen-bond donors (Lipinski definition) is 2. The standard InChI is InChI=1S/C12H10IN3O3/c13-11-3-1-2-4-12(11)19-10-6-8(15-14)5-9(7-10)16(17)18/h1-7,15H,14H2. The summed E-state index contributed by atoms with van der Waals surface area (Å²) in [6.45, 7) is 0. The first-order valence-electron chi connectivity index (χ1n) is 5.28. The number of hydrazine groups is 1. The number of nitrogens with two attached hydrogens (primary N) is 1. The molecule has 2 rings (SSSR count). The molecule has 0 saturated carbocycles. The highest BCUT2D eigenvalue weighted by Crippen LogP contribution is 2.31. The number of rotatable bonds is 4. The summed E-state index contributed by atoms with van der Waals surface area (Å²) >= 11 is 2.13. The molecule has 0 unspecified atom stereocenters. The Morgan fingerprint density at radius 1 is 1.26 bits per heavy atom. The Kier molecular flexibility index (Phi) is 4.17. The molecule has 0 radical (unpaired) electrons. The topological polar surface area (TPSA) is 90.4 Å². The van der Waals surface area contributed by atoms with Gasteiger partial charge in [-0.3, -0.25) is 16.0 Å². The molecule has 7 heteroatoms. The van der Waals surface area contributed by atoms with E-state index in [-0.39, 0.29) is 5.69 Å². The number of nitrogens with one attached hydrogen (secondary N) is 1. The molecule has 0 heterocycles. The fourth-order valence-electron chi connectivity index (χ4n) is 1.49. The summed E-state index contributed by atoms with van der Waals surface area (Å²) in [5, 5.41) is 10.8. The number of nitro benzene ring substituents is 1.